The van der Waals surface area contributed by atoms with E-state index in [-0.39, 0.29) is 11.9 Å². The van der Waals surface area contributed by atoms with Crippen LogP contribution in [0, 0.1) is 6.92 Å². The summed E-state index contributed by atoms with van der Waals surface area (Å²) in [7, 11) is 1.64. The predicted octanol–water partition coefficient (Wildman–Crippen LogP) is 3.46. The van der Waals surface area contributed by atoms with Crippen molar-refractivity contribution in [1.82, 2.24) is 15.1 Å². The second kappa shape index (κ2) is 7.32. The molecule has 2 heterocycles. The molecule has 1 atom stereocenters. The molecular formula is C21H21N3O3. The third-order valence-electron chi connectivity index (χ3n) is 4.82. The second-order valence-corrected chi connectivity index (χ2v) is 6.71. The number of carbonyl (C=O) groups excluding carboxylic acids is 1. The molecule has 0 bridgehead atoms. The lowest BCUT2D eigenvalue weighted by atomic mass is 9.93. The Balaban J connectivity index is 1.71. The lowest BCUT2D eigenvalue weighted by Crippen LogP contribution is -2.39. The van der Waals surface area contributed by atoms with Gasteiger partial charge in [-0.15, -0.1) is 10.2 Å². The van der Waals surface area contributed by atoms with Gasteiger partial charge in [0.1, 0.15) is 6.04 Å². The maximum Gasteiger partial charge on any atom is 0.254 e. The molecule has 1 aromatic heterocycles. The molecule has 0 N–H and O–H groups in total. The Morgan fingerprint density at radius 3 is 2.74 bits per heavy atom. The third-order valence-corrected chi connectivity index (χ3v) is 4.82. The number of aromatic nitrogens is 2. The number of rotatable bonds is 4. The Bertz CT molecular complexity index is 967. The lowest BCUT2D eigenvalue weighted by molar-refractivity contribution is 0.0602. The van der Waals surface area contributed by atoms with Crippen LogP contribution in [0.1, 0.15) is 44.9 Å². The zero-order valence-corrected chi connectivity index (χ0v) is 15.4. The fourth-order valence-electron chi connectivity index (χ4n) is 3.53. The Labute approximate surface area is 157 Å². The normalized spacial score (nSPS) is 16.2. The number of hydrogen-bond donors (Lipinski definition) is 0. The summed E-state index contributed by atoms with van der Waals surface area (Å²) in [4.78, 5) is 15.2. The number of hydrogen-bond acceptors (Lipinski definition) is 5. The molecule has 1 aliphatic rings. The summed E-state index contributed by atoms with van der Waals surface area (Å²) in [6.07, 6.45) is 0.654. The van der Waals surface area contributed by atoms with Crippen molar-refractivity contribution >= 4 is 5.91 Å². The molecule has 0 aliphatic carbocycles. The molecule has 27 heavy (non-hydrogen) atoms. The van der Waals surface area contributed by atoms with E-state index in [4.69, 9.17) is 9.15 Å². The van der Waals surface area contributed by atoms with Crippen molar-refractivity contribution in [2.24, 2.45) is 0 Å². The van der Waals surface area contributed by atoms with E-state index in [1.54, 1.807) is 14.0 Å². The molecule has 6 heteroatoms. The maximum absolute atomic E-state index is 13.4. The van der Waals surface area contributed by atoms with E-state index in [0.29, 0.717) is 36.9 Å². The van der Waals surface area contributed by atoms with Gasteiger partial charge in [0.25, 0.3) is 5.91 Å². The first kappa shape index (κ1) is 17.4. The van der Waals surface area contributed by atoms with Gasteiger partial charge in [-0.2, -0.15) is 0 Å². The fourth-order valence-corrected chi connectivity index (χ4v) is 3.53. The summed E-state index contributed by atoms with van der Waals surface area (Å²) in [6, 6.07) is 15.4. The average Bonchev–Trinajstić information content (AvgIpc) is 3.13. The van der Waals surface area contributed by atoms with Crippen molar-refractivity contribution in [2.45, 2.75) is 32.5 Å². The summed E-state index contributed by atoms with van der Waals surface area (Å²) in [5, 5.41) is 8.14. The van der Waals surface area contributed by atoms with Gasteiger partial charge in [0.05, 0.1) is 6.61 Å². The van der Waals surface area contributed by atoms with Crippen molar-refractivity contribution in [3.05, 3.63) is 82.6 Å². The van der Waals surface area contributed by atoms with Crippen LogP contribution in [0.2, 0.25) is 0 Å². The van der Waals surface area contributed by atoms with Gasteiger partial charge in [-0.05, 0) is 28.8 Å². The molecule has 0 saturated heterocycles. The summed E-state index contributed by atoms with van der Waals surface area (Å²) in [6.45, 7) is 2.74. The van der Waals surface area contributed by atoms with Crippen molar-refractivity contribution < 1.29 is 13.9 Å². The van der Waals surface area contributed by atoms with E-state index >= 15 is 0 Å². The molecule has 1 aliphatic heterocycles. The molecule has 0 spiro atoms. The summed E-state index contributed by atoms with van der Waals surface area (Å²) in [5.41, 5.74) is 3.94. The van der Waals surface area contributed by atoms with Crippen LogP contribution in [0.15, 0.2) is 52.9 Å². The third kappa shape index (κ3) is 3.48. The van der Waals surface area contributed by atoms with Gasteiger partial charge < -0.3 is 14.1 Å². The van der Waals surface area contributed by atoms with Gasteiger partial charge in [0, 0.05) is 32.6 Å². The molecule has 6 nitrogen and oxygen atoms in total. The fraction of sp³-hybridized carbons (Fsp3) is 0.286. The van der Waals surface area contributed by atoms with Crippen molar-refractivity contribution in [2.75, 3.05) is 7.11 Å². The van der Waals surface area contributed by atoms with Gasteiger partial charge >= 0.3 is 0 Å². The van der Waals surface area contributed by atoms with E-state index < -0.39 is 0 Å². The molecular weight excluding hydrogens is 342 g/mol. The van der Waals surface area contributed by atoms with E-state index in [0.717, 1.165) is 11.1 Å². The summed E-state index contributed by atoms with van der Waals surface area (Å²) < 4.78 is 10.9. The Kier molecular flexibility index (Phi) is 4.73. The van der Waals surface area contributed by atoms with Crippen LogP contribution in [-0.2, 0) is 24.3 Å². The Morgan fingerprint density at radius 1 is 1.19 bits per heavy atom. The SMILES string of the molecule is COCc1cccc(C(=O)N2Cc3ccccc3CC2c2nnc(C)o2)c1. The molecule has 4 rings (SSSR count). The van der Waals surface area contributed by atoms with E-state index in [2.05, 4.69) is 22.3 Å². The maximum atomic E-state index is 13.4. The zero-order chi connectivity index (χ0) is 18.8. The number of fused-ring (bicyclic) bond motifs is 1. The highest BCUT2D eigenvalue weighted by molar-refractivity contribution is 5.94. The number of benzene rings is 2. The Morgan fingerprint density at radius 2 is 2.00 bits per heavy atom. The lowest BCUT2D eigenvalue weighted by Gasteiger charge is -2.35. The first-order valence-corrected chi connectivity index (χ1v) is 8.91. The first-order chi connectivity index (χ1) is 13.2. The smallest absolute Gasteiger partial charge is 0.254 e. The standard InChI is InChI=1S/C21H21N3O3/c1-14-22-23-20(27-14)19-11-16-7-3-4-8-18(16)12-24(19)21(25)17-9-5-6-15(10-17)13-26-2/h3-10,19H,11-13H2,1-2H3. The monoisotopic (exact) mass is 363 g/mol. The molecule has 138 valence electrons. The molecule has 0 fully saturated rings. The van der Waals surface area contributed by atoms with E-state index in [1.165, 1.54) is 5.56 Å². The van der Waals surface area contributed by atoms with E-state index in [9.17, 15) is 4.79 Å². The molecule has 3 aromatic rings. The Hall–Kier alpha value is -2.99. The average molecular weight is 363 g/mol. The molecule has 0 saturated carbocycles. The number of nitrogens with zero attached hydrogens (tertiary/aromatic N) is 3. The number of methoxy groups -OCH3 is 1. The molecule has 1 amide bonds. The second-order valence-electron chi connectivity index (χ2n) is 6.71. The zero-order valence-electron chi connectivity index (χ0n) is 15.4. The van der Waals surface area contributed by atoms with E-state index in [1.807, 2.05) is 41.3 Å². The minimum atomic E-state index is -0.278. The summed E-state index contributed by atoms with van der Waals surface area (Å²) >= 11 is 0. The minimum absolute atomic E-state index is 0.0525. The van der Waals surface area contributed by atoms with Crippen LogP contribution in [0.5, 0.6) is 0 Å². The topological polar surface area (TPSA) is 68.5 Å². The van der Waals surface area contributed by atoms with Gasteiger partial charge in [-0.3, -0.25) is 4.79 Å². The first-order valence-electron chi connectivity index (χ1n) is 8.91. The van der Waals surface area contributed by atoms with Crippen molar-refractivity contribution in [1.29, 1.82) is 0 Å². The largest absolute Gasteiger partial charge is 0.423 e. The molecule has 0 radical (unpaired) electrons. The van der Waals surface area contributed by atoms with Crippen molar-refractivity contribution in [3.8, 4) is 0 Å². The van der Waals surface area contributed by atoms with Crippen LogP contribution in [0.25, 0.3) is 0 Å². The van der Waals surface area contributed by atoms with Crippen LogP contribution >= 0.6 is 0 Å². The molecule has 1 unspecified atom stereocenters. The highest BCUT2D eigenvalue weighted by atomic mass is 16.5. The minimum Gasteiger partial charge on any atom is -0.423 e. The number of amides is 1. The number of ether oxygens (including phenoxy) is 1. The summed E-state index contributed by atoms with van der Waals surface area (Å²) in [5.74, 6) is 0.921. The van der Waals surface area contributed by atoms with Crippen LogP contribution in [0.3, 0.4) is 0 Å². The predicted molar refractivity (Wildman–Crippen MR) is 99.0 cm³/mol. The highest BCUT2D eigenvalue weighted by Gasteiger charge is 2.34. The number of carbonyl (C=O) groups is 1. The van der Waals surface area contributed by atoms with Gasteiger partial charge in [-0.1, -0.05) is 36.4 Å². The van der Waals surface area contributed by atoms with Gasteiger partial charge in [-0.25, -0.2) is 0 Å². The van der Waals surface area contributed by atoms with Crippen LogP contribution in [-0.4, -0.2) is 28.1 Å². The van der Waals surface area contributed by atoms with Crippen LogP contribution < -0.4 is 0 Å². The van der Waals surface area contributed by atoms with Crippen molar-refractivity contribution in [3.63, 3.8) is 0 Å². The number of aryl methyl sites for hydroxylation is 1. The van der Waals surface area contributed by atoms with Gasteiger partial charge in [0.2, 0.25) is 11.8 Å². The molecule has 2 aromatic carbocycles. The van der Waals surface area contributed by atoms with Gasteiger partial charge in [0.15, 0.2) is 0 Å². The quantitative estimate of drug-likeness (QED) is 0.710. The van der Waals surface area contributed by atoms with Crippen LogP contribution in [0.4, 0.5) is 0 Å². The highest BCUT2D eigenvalue weighted by Crippen LogP contribution is 2.33.